The molecule has 0 radical (unpaired) electrons. The molecule has 0 unspecified atom stereocenters. The average molecular weight is 463 g/mol. The molecule has 4 aromatic rings. The second-order valence-electron chi connectivity index (χ2n) is 7.93. The van der Waals surface area contributed by atoms with Crippen LogP contribution in [0.2, 0.25) is 5.02 Å². The van der Waals surface area contributed by atoms with Crippen molar-refractivity contribution in [2.24, 2.45) is 5.10 Å². The lowest BCUT2D eigenvalue weighted by Crippen LogP contribution is -2.25. The van der Waals surface area contributed by atoms with Gasteiger partial charge in [-0.2, -0.15) is 9.78 Å². The lowest BCUT2D eigenvalue weighted by molar-refractivity contribution is 0.0955. The van der Waals surface area contributed by atoms with E-state index in [1.807, 2.05) is 36.4 Å². The molecule has 2 aromatic heterocycles. The van der Waals surface area contributed by atoms with Crippen molar-refractivity contribution in [1.82, 2.24) is 20.0 Å². The Hall–Kier alpha value is -3.45. The fraction of sp³-hybridized carbons (Fsp3) is 0.280. The summed E-state index contributed by atoms with van der Waals surface area (Å²) in [6.07, 6.45) is 7.20. The molecule has 0 saturated heterocycles. The van der Waals surface area contributed by atoms with Crippen molar-refractivity contribution in [3.8, 4) is 0 Å². The topological polar surface area (TPSA) is 98.2 Å². The third-order valence-corrected chi connectivity index (χ3v) is 5.67. The molecule has 2 heterocycles. The van der Waals surface area contributed by atoms with Crippen molar-refractivity contribution in [2.45, 2.75) is 39.0 Å². The van der Waals surface area contributed by atoms with Gasteiger partial charge in [0.15, 0.2) is 5.65 Å². The molecule has 3 N–H and O–H groups in total. The van der Waals surface area contributed by atoms with Gasteiger partial charge in [0.05, 0.1) is 17.2 Å². The molecule has 33 heavy (non-hydrogen) atoms. The van der Waals surface area contributed by atoms with Crippen LogP contribution in [0.4, 0.5) is 5.82 Å². The summed E-state index contributed by atoms with van der Waals surface area (Å²) in [5.41, 5.74) is 9.76. The largest absolute Gasteiger partial charge is 0.383 e. The van der Waals surface area contributed by atoms with Crippen LogP contribution >= 0.6 is 11.6 Å². The van der Waals surface area contributed by atoms with Crippen molar-refractivity contribution < 1.29 is 4.79 Å². The first-order chi connectivity index (χ1) is 16.1. The van der Waals surface area contributed by atoms with E-state index in [4.69, 9.17) is 27.3 Å². The van der Waals surface area contributed by atoms with E-state index in [2.05, 4.69) is 17.3 Å². The van der Waals surface area contributed by atoms with E-state index >= 15 is 0 Å². The second-order valence-corrected chi connectivity index (χ2v) is 8.36. The zero-order valence-corrected chi connectivity index (χ0v) is 19.3. The van der Waals surface area contributed by atoms with Crippen LogP contribution in [0.1, 0.15) is 54.9 Å². The molecule has 4 rings (SSSR count). The van der Waals surface area contributed by atoms with E-state index < -0.39 is 0 Å². The molecule has 0 fully saturated rings. The van der Waals surface area contributed by atoms with E-state index in [0.717, 1.165) is 18.4 Å². The monoisotopic (exact) mass is 462 g/mol. The van der Waals surface area contributed by atoms with Gasteiger partial charge in [-0.3, -0.25) is 4.79 Å². The molecule has 7 nitrogen and oxygen atoms in total. The minimum atomic E-state index is -0.269. The van der Waals surface area contributed by atoms with Gasteiger partial charge in [-0.15, -0.1) is 0 Å². The van der Waals surface area contributed by atoms with Crippen LogP contribution in [-0.2, 0) is 0 Å². The number of rotatable bonds is 9. The lowest BCUT2D eigenvalue weighted by atomic mass is 10.1. The second kappa shape index (κ2) is 10.4. The minimum Gasteiger partial charge on any atom is -0.383 e. The summed E-state index contributed by atoms with van der Waals surface area (Å²) in [5, 5.41) is 8.10. The predicted octanol–water partition coefficient (Wildman–Crippen LogP) is 5.40. The van der Waals surface area contributed by atoms with E-state index in [1.54, 1.807) is 18.3 Å². The maximum atomic E-state index is 13.1. The Bertz CT molecular complexity index is 1310. The van der Waals surface area contributed by atoms with Gasteiger partial charge in [-0.1, -0.05) is 68.5 Å². The number of nitrogen functional groups attached to an aromatic ring is 1. The van der Waals surface area contributed by atoms with Gasteiger partial charge in [0, 0.05) is 11.6 Å². The summed E-state index contributed by atoms with van der Waals surface area (Å²) in [5.74, 6) is -0.0728. The average Bonchev–Trinajstić information content (AvgIpc) is 3.08. The van der Waals surface area contributed by atoms with Crippen LogP contribution in [0, 0.1) is 0 Å². The van der Waals surface area contributed by atoms with E-state index in [0.29, 0.717) is 39.3 Å². The van der Waals surface area contributed by atoms with Gasteiger partial charge in [0.2, 0.25) is 0 Å². The van der Waals surface area contributed by atoms with E-state index in [-0.39, 0.29) is 11.7 Å². The van der Waals surface area contributed by atoms with E-state index in [1.165, 1.54) is 23.9 Å². The number of aromatic nitrogens is 3. The minimum absolute atomic E-state index is 0.196. The van der Waals surface area contributed by atoms with Crippen molar-refractivity contribution in [3.63, 3.8) is 0 Å². The number of para-hydroxylation sites is 2. The third kappa shape index (κ3) is 5.14. The van der Waals surface area contributed by atoms with Gasteiger partial charge in [-0.05, 0) is 36.2 Å². The molecule has 1 amide bonds. The fourth-order valence-corrected chi connectivity index (χ4v) is 3.92. The number of nitrogens with one attached hydrogen (secondary N) is 1. The van der Waals surface area contributed by atoms with Crippen LogP contribution in [0.15, 0.2) is 53.6 Å². The molecule has 8 heteroatoms. The first kappa shape index (κ1) is 22.7. The Balaban J connectivity index is 1.70. The lowest BCUT2D eigenvalue weighted by Gasteiger charge is -2.05. The Morgan fingerprint density at radius 1 is 1.09 bits per heavy atom. The summed E-state index contributed by atoms with van der Waals surface area (Å²) in [6, 6.07) is 14.8. The predicted molar refractivity (Wildman–Crippen MR) is 135 cm³/mol. The van der Waals surface area contributed by atoms with Gasteiger partial charge in [0.1, 0.15) is 16.9 Å². The zero-order chi connectivity index (χ0) is 23.2. The van der Waals surface area contributed by atoms with Gasteiger partial charge in [0.25, 0.3) is 5.91 Å². The number of benzene rings is 2. The van der Waals surface area contributed by atoms with Gasteiger partial charge in [-0.25, -0.2) is 9.97 Å². The third-order valence-electron chi connectivity index (χ3n) is 5.44. The number of nitrogens with two attached hydrogens (primary N) is 1. The maximum Gasteiger partial charge on any atom is 0.257 e. The van der Waals surface area contributed by atoms with Crippen LogP contribution in [0.3, 0.4) is 0 Å². The molecular weight excluding hydrogens is 436 g/mol. The molecule has 2 aromatic carbocycles. The number of anilines is 1. The highest BCUT2D eigenvalue weighted by atomic mass is 35.5. The van der Waals surface area contributed by atoms with Crippen molar-refractivity contribution in [3.05, 3.63) is 64.7 Å². The zero-order valence-electron chi connectivity index (χ0n) is 18.6. The number of carbonyl (C=O) groups is 1. The molecule has 0 bridgehead atoms. The SMILES string of the molecule is CCCCCCCNC(=O)c1c(N)n(/N=C/c2cccc(Cl)c2)c2nc3ccccc3nc12. The maximum absolute atomic E-state index is 13.1. The van der Waals surface area contributed by atoms with Crippen molar-refractivity contribution in [2.75, 3.05) is 12.3 Å². The highest BCUT2D eigenvalue weighted by Crippen LogP contribution is 2.28. The van der Waals surface area contributed by atoms with E-state index in [9.17, 15) is 4.79 Å². The fourth-order valence-electron chi connectivity index (χ4n) is 3.72. The number of carbonyl (C=O) groups excluding carboxylic acids is 1. The Morgan fingerprint density at radius 2 is 1.85 bits per heavy atom. The van der Waals surface area contributed by atoms with Crippen LogP contribution in [-0.4, -0.2) is 33.3 Å². The number of halogens is 1. The molecule has 0 aliphatic carbocycles. The summed E-state index contributed by atoms with van der Waals surface area (Å²) in [4.78, 5) is 22.5. The molecular formula is C25H27ClN6O. The molecule has 0 atom stereocenters. The summed E-state index contributed by atoms with van der Waals surface area (Å²) >= 11 is 6.08. The summed E-state index contributed by atoms with van der Waals surface area (Å²) in [6.45, 7) is 2.77. The number of amides is 1. The van der Waals surface area contributed by atoms with Crippen LogP contribution in [0.5, 0.6) is 0 Å². The number of nitrogens with zero attached hydrogens (tertiary/aromatic N) is 4. The van der Waals surface area contributed by atoms with Gasteiger partial charge < -0.3 is 11.1 Å². The number of fused-ring (bicyclic) bond motifs is 2. The number of hydrogen-bond donors (Lipinski definition) is 2. The summed E-state index contributed by atoms with van der Waals surface area (Å²) < 4.78 is 1.46. The van der Waals surface area contributed by atoms with Crippen LogP contribution < -0.4 is 11.1 Å². The molecule has 0 aliphatic heterocycles. The molecule has 0 aliphatic rings. The summed E-state index contributed by atoms with van der Waals surface area (Å²) in [7, 11) is 0. The molecule has 0 saturated carbocycles. The van der Waals surface area contributed by atoms with Crippen LogP contribution in [0.25, 0.3) is 22.2 Å². The van der Waals surface area contributed by atoms with Crippen molar-refractivity contribution >= 4 is 51.7 Å². The quantitative estimate of drug-likeness (QED) is 0.257. The Labute approximate surface area is 197 Å². The molecule has 170 valence electrons. The standard InChI is InChI=1S/C25H27ClN6O/c1-2-3-4-5-8-14-28-25(33)21-22-24(31-20-13-7-6-12-19(20)30-22)32(23(21)27)29-16-17-10-9-11-18(26)15-17/h6-7,9-13,15-16H,2-5,8,14,27H2,1H3,(H,28,33)/b29-16+. The first-order valence-corrected chi connectivity index (χ1v) is 11.6. The van der Waals surface area contributed by atoms with Gasteiger partial charge >= 0.3 is 0 Å². The first-order valence-electron chi connectivity index (χ1n) is 11.2. The number of hydrogen-bond acceptors (Lipinski definition) is 5. The van der Waals surface area contributed by atoms with Crippen molar-refractivity contribution in [1.29, 1.82) is 0 Å². The molecule has 0 spiro atoms. The number of unbranched alkanes of at least 4 members (excludes halogenated alkanes) is 4. The normalized spacial score (nSPS) is 11.6. The highest BCUT2D eigenvalue weighted by molar-refractivity contribution is 6.30. The smallest absolute Gasteiger partial charge is 0.257 e. The Kier molecular flexibility index (Phi) is 7.19. The highest BCUT2D eigenvalue weighted by Gasteiger charge is 2.23. The Morgan fingerprint density at radius 3 is 2.61 bits per heavy atom.